The molecule has 1 aliphatic carbocycles. The minimum Gasteiger partial charge on any atom is -0.380 e. The Hall–Kier alpha value is -0.970. The first-order chi connectivity index (χ1) is 11.3. The van der Waals surface area contributed by atoms with E-state index in [9.17, 15) is 0 Å². The van der Waals surface area contributed by atoms with Crippen molar-refractivity contribution in [3.8, 4) is 0 Å². The molecule has 126 valence electrons. The first kappa shape index (κ1) is 15.6. The summed E-state index contributed by atoms with van der Waals surface area (Å²) < 4.78 is 12.3. The summed E-state index contributed by atoms with van der Waals surface area (Å²) in [5.74, 6) is 0.839. The number of fused-ring (bicyclic) bond motifs is 1. The average Bonchev–Trinajstić information content (AvgIpc) is 3.40. The molecule has 0 N–H and O–H groups in total. The summed E-state index contributed by atoms with van der Waals surface area (Å²) in [5, 5.41) is 0. The van der Waals surface area contributed by atoms with Gasteiger partial charge in [0.25, 0.3) is 0 Å². The van der Waals surface area contributed by atoms with E-state index < -0.39 is 0 Å². The van der Waals surface area contributed by atoms with Gasteiger partial charge in [-0.25, -0.2) is 0 Å². The number of likely N-dealkylation sites (tertiary alicyclic amines) is 1. The number of aromatic nitrogens is 1. The zero-order valence-corrected chi connectivity index (χ0v) is 14.0. The summed E-state index contributed by atoms with van der Waals surface area (Å²) in [7, 11) is 0. The van der Waals surface area contributed by atoms with Gasteiger partial charge in [-0.1, -0.05) is 0 Å². The number of hydrogen-bond donors (Lipinski definition) is 0. The molecule has 0 bridgehead atoms. The smallest absolute Gasteiger partial charge is 0.0677 e. The van der Waals surface area contributed by atoms with Crippen molar-refractivity contribution in [2.24, 2.45) is 11.3 Å². The van der Waals surface area contributed by atoms with E-state index in [2.05, 4.69) is 22.0 Å². The molecule has 0 unspecified atom stereocenters. The lowest BCUT2D eigenvalue weighted by atomic mass is 9.73. The third-order valence-electron chi connectivity index (χ3n) is 5.66. The van der Waals surface area contributed by atoms with Crippen molar-refractivity contribution in [1.29, 1.82) is 0 Å². The molecule has 1 aromatic rings. The SMILES string of the molecule is c1cc(CN2CC[C@H]3OCCC[C@]3(COCC3CC3)C2)ccn1. The molecule has 0 radical (unpaired) electrons. The summed E-state index contributed by atoms with van der Waals surface area (Å²) in [6.07, 6.45) is 10.5. The molecular formula is C19H28N2O2. The summed E-state index contributed by atoms with van der Waals surface area (Å²) in [4.78, 5) is 6.71. The van der Waals surface area contributed by atoms with Gasteiger partial charge in [0.1, 0.15) is 0 Å². The van der Waals surface area contributed by atoms with Gasteiger partial charge >= 0.3 is 0 Å². The number of pyridine rings is 1. The van der Waals surface area contributed by atoms with Gasteiger partial charge in [0, 0.05) is 50.7 Å². The highest BCUT2D eigenvalue weighted by Crippen LogP contribution is 2.41. The van der Waals surface area contributed by atoms with Crippen LogP contribution >= 0.6 is 0 Å². The van der Waals surface area contributed by atoms with E-state index in [1.165, 1.54) is 31.2 Å². The van der Waals surface area contributed by atoms with Crippen molar-refractivity contribution in [3.05, 3.63) is 30.1 Å². The van der Waals surface area contributed by atoms with Gasteiger partial charge in [-0.15, -0.1) is 0 Å². The molecule has 1 saturated carbocycles. The summed E-state index contributed by atoms with van der Waals surface area (Å²) in [5.41, 5.74) is 1.56. The first-order valence-corrected chi connectivity index (χ1v) is 9.15. The van der Waals surface area contributed by atoms with Crippen LogP contribution < -0.4 is 0 Å². The molecule has 3 aliphatic rings. The number of piperidine rings is 1. The molecule has 2 saturated heterocycles. The number of ether oxygens (including phenoxy) is 2. The Labute approximate surface area is 139 Å². The molecule has 0 spiro atoms. The van der Waals surface area contributed by atoms with Gasteiger partial charge in [0.05, 0.1) is 12.7 Å². The van der Waals surface area contributed by atoms with Crippen molar-refractivity contribution in [2.45, 2.75) is 44.8 Å². The van der Waals surface area contributed by atoms with Crippen molar-refractivity contribution in [1.82, 2.24) is 9.88 Å². The second-order valence-corrected chi connectivity index (χ2v) is 7.64. The Morgan fingerprint density at radius 2 is 2.13 bits per heavy atom. The summed E-state index contributed by atoms with van der Waals surface area (Å²) in [6, 6.07) is 4.25. The molecule has 4 rings (SSSR count). The maximum Gasteiger partial charge on any atom is 0.0677 e. The quantitative estimate of drug-likeness (QED) is 0.808. The normalized spacial score (nSPS) is 31.7. The Balaban J connectivity index is 1.41. The van der Waals surface area contributed by atoms with Crippen LogP contribution in [-0.4, -0.2) is 48.9 Å². The Bertz CT molecular complexity index is 505. The van der Waals surface area contributed by atoms with E-state index in [1.807, 2.05) is 12.4 Å². The van der Waals surface area contributed by atoms with Crippen LogP contribution in [0.3, 0.4) is 0 Å². The van der Waals surface area contributed by atoms with Crippen LogP contribution in [0.15, 0.2) is 24.5 Å². The van der Waals surface area contributed by atoms with E-state index in [4.69, 9.17) is 9.47 Å². The summed E-state index contributed by atoms with van der Waals surface area (Å²) in [6.45, 7) is 6.00. The Morgan fingerprint density at radius 3 is 2.96 bits per heavy atom. The highest BCUT2D eigenvalue weighted by molar-refractivity contribution is 5.10. The highest BCUT2D eigenvalue weighted by Gasteiger charge is 2.46. The van der Waals surface area contributed by atoms with Crippen molar-refractivity contribution in [3.63, 3.8) is 0 Å². The van der Waals surface area contributed by atoms with Crippen LogP contribution in [0.2, 0.25) is 0 Å². The van der Waals surface area contributed by atoms with Crippen LogP contribution in [0, 0.1) is 11.3 Å². The topological polar surface area (TPSA) is 34.6 Å². The van der Waals surface area contributed by atoms with Crippen LogP contribution in [0.4, 0.5) is 0 Å². The predicted molar refractivity (Wildman–Crippen MR) is 89.1 cm³/mol. The van der Waals surface area contributed by atoms with Gasteiger partial charge in [0.2, 0.25) is 0 Å². The van der Waals surface area contributed by atoms with Crippen molar-refractivity contribution >= 4 is 0 Å². The van der Waals surface area contributed by atoms with E-state index in [0.717, 1.165) is 51.8 Å². The third-order valence-corrected chi connectivity index (χ3v) is 5.66. The second kappa shape index (κ2) is 6.88. The van der Waals surface area contributed by atoms with Gasteiger partial charge in [-0.2, -0.15) is 0 Å². The monoisotopic (exact) mass is 316 g/mol. The lowest BCUT2D eigenvalue weighted by molar-refractivity contribution is -0.154. The molecule has 0 aromatic carbocycles. The fourth-order valence-corrected chi connectivity index (χ4v) is 4.19. The van der Waals surface area contributed by atoms with Gasteiger partial charge in [-0.3, -0.25) is 9.88 Å². The molecule has 3 fully saturated rings. The van der Waals surface area contributed by atoms with E-state index in [-0.39, 0.29) is 5.41 Å². The van der Waals surface area contributed by atoms with E-state index in [0.29, 0.717) is 6.10 Å². The number of nitrogens with zero attached hydrogens (tertiary/aromatic N) is 2. The lowest BCUT2D eigenvalue weighted by Gasteiger charge is -2.50. The van der Waals surface area contributed by atoms with Crippen molar-refractivity contribution < 1.29 is 9.47 Å². The Morgan fingerprint density at radius 1 is 1.26 bits per heavy atom. The molecule has 4 nitrogen and oxygen atoms in total. The zero-order valence-electron chi connectivity index (χ0n) is 14.0. The van der Waals surface area contributed by atoms with Crippen LogP contribution in [0.25, 0.3) is 0 Å². The fraction of sp³-hybridized carbons (Fsp3) is 0.737. The molecule has 1 aromatic heterocycles. The maximum atomic E-state index is 6.14. The molecular weight excluding hydrogens is 288 g/mol. The van der Waals surface area contributed by atoms with Crippen LogP contribution in [-0.2, 0) is 16.0 Å². The van der Waals surface area contributed by atoms with Gasteiger partial charge < -0.3 is 9.47 Å². The molecule has 2 atom stereocenters. The second-order valence-electron chi connectivity index (χ2n) is 7.64. The standard InChI is InChI=1S/C19H28N2O2/c1-7-19(15-22-13-17-2-3-17)14-21(10-6-18(19)23-11-1)12-16-4-8-20-9-5-16/h4-5,8-9,17-18H,1-3,6-7,10-15H2/t18-,19-/m1/s1. The fourth-order valence-electron chi connectivity index (χ4n) is 4.19. The van der Waals surface area contributed by atoms with Crippen LogP contribution in [0.5, 0.6) is 0 Å². The summed E-state index contributed by atoms with van der Waals surface area (Å²) >= 11 is 0. The molecule has 2 aliphatic heterocycles. The lowest BCUT2D eigenvalue weighted by Crippen LogP contribution is -2.56. The molecule has 0 amide bonds. The Kier molecular flexibility index (Phi) is 4.65. The molecule has 23 heavy (non-hydrogen) atoms. The van der Waals surface area contributed by atoms with E-state index >= 15 is 0 Å². The van der Waals surface area contributed by atoms with E-state index in [1.54, 1.807) is 0 Å². The zero-order chi connectivity index (χ0) is 15.5. The molecule has 4 heteroatoms. The minimum absolute atomic E-state index is 0.207. The number of rotatable bonds is 6. The first-order valence-electron chi connectivity index (χ1n) is 9.15. The van der Waals surface area contributed by atoms with Crippen molar-refractivity contribution in [2.75, 3.05) is 32.9 Å². The van der Waals surface area contributed by atoms with Crippen LogP contribution in [0.1, 0.15) is 37.7 Å². The predicted octanol–water partition coefficient (Wildman–Crippen LogP) is 2.88. The average molecular weight is 316 g/mol. The van der Waals surface area contributed by atoms with Gasteiger partial charge in [-0.05, 0) is 55.7 Å². The minimum atomic E-state index is 0.207. The molecule has 3 heterocycles. The maximum absolute atomic E-state index is 6.14. The highest BCUT2D eigenvalue weighted by atomic mass is 16.5. The largest absolute Gasteiger partial charge is 0.380 e. The van der Waals surface area contributed by atoms with Gasteiger partial charge in [0.15, 0.2) is 0 Å². The third kappa shape index (κ3) is 3.76. The number of hydrogen-bond acceptors (Lipinski definition) is 4.